The van der Waals surface area contributed by atoms with Gasteiger partial charge in [-0.25, -0.2) is 4.39 Å². The summed E-state index contributed by atoms with van der Waals surface area (Å²) in [6, 6.07) is 9.40. The van der Waals surface area contributed by atoms with Crippen LogP contribution < -0.4 is 5.32 Å². The molecule has 2 aliphatic rings. The van der Waals surface area contributed by atoms with E-state index in [1.807, 2.05) is 12.1 Å². The summed E-state index contributed by atoms with van der Waals surface area (Å²) in [4.78, 5) is 2.64. The first kappa shape index (κ1) is 16.2. The maximum absolute atomic E-state index is 13.1. The molecular weight excluding hydrogens is 319 g/mol. The van der Waals surface area contributed by atoms with E-state index in [1.54, 1.807) is 23.5 Å². The van der Waals surface area contributed by atoms with Crippen molar-refractivity contribution in [3.8, 4) is 0 Å². The summed E-state index contributed by atoms with van der Waals surface area (Å²) < 4.78 is 13.1. The lowest BCUT2D eigenvalue weighted by atomic mass is 9.87. The molecule has 0 radical (unpaired) electrons. The third kappa shape index (κ3) is 3.56. The van der Waals surface area contributed by atoms with Gasteiger partial charge >= 0.3 is 0 Å². The Hall–Kier alpha value is -1.23. The topological polar surface area (TPSA) is 15.3 Å². The van der Waals surface area contributed by atoms with Crippen molar-refractivity contribution in [2.24, 2.45) is 5.92 Å². The number of likely N-dealkylation sites (tertiary alicyclic amines) is 1. The normalized spacial score (nSPS) is 26.0. The van der Waals surface area contributed by atoms with E-state index in [9.17, 15) is 4.39 Å². The summed E-state index contributed by atoms with van der Waals surface area (Å²) in [5.41, 5.74) is 2.81. The van der Waals surface area contributed by atoms with E-state index in [4.69, 9.17) is 0 Å². The highest BCUT2D eigenvalue weighted by Crippen LogP contribution is 2.33. The molecule has 4 rings (SSSR count). The van der Waals surface area contributed by atoms with E-state index in [1.165, 1.54) is 30.5 Å². The Morgan fingerprint density at radius 2 is 1.83 bits per heavy atom. The molecule has 2 fully saturated rings. The van der Waals surface area contributed by atoms with E-state index in [0.717, 1.165) is 32.1 Å². The van der Waals surface area contributed by atoms with Gasteiger partial charge in [-0.3, -0.25) is 0 Å². The fourth-order valence-corrected chi connectivity index (χ4v) is 5.04. The SMILES string of the molecule is Fc1ccc(C2CCN(CC3CNCC3c3ccsc3)CC2)cc1. The molecule has 1 N–H and O–H groups in total. The Labute approximate surface area is 147 Å². The van der Waals surface area contributed by atoms with Crippen LogP contribution in [0.3, 0.4) is 0 Å². The molecule has 1 aromatic carbocycles. The van der Waals surface area contributed by atoms with Crippen molar-refractivity contribution >= 4 is 11.3 Å². The quantitative estimate of drug-likeness (QED) is 0.899. The molecule has 0 amide bonds. The minimum absolute atomic E-state index is 0.135. The van der Waals surface area contributed by atoms with Crippen LogP contribution >= 0.6 is 11.3 Å². The van der Waals surface area contributed by atoms with Crippen molar-refractivity contribution in [3.05, 3.63) is 58.0 Å². The van der Waals surface area contributed by atoms with Gasteiger partial charge in [-0.2, -0.15) is 11.3 Å². The number of thiophene rings is 1. The molecule has 128 valence electrons. The van der Waals surface area contributed by atoms with Crippen LogP contribution in [0.15, 0.2) is 41.1 Å². The summed E-state index contributed by atoms with van der Waals surface area (Å²) in [6.07, 6.45) is 2.38. The van der Waals surface area contributed by atoms with Gasteiger partial charge in [0.2, 0.25) is 0 Å². The molecule has 24 heavy (non-hydrogen) atoms. The van der Waals surface area contributed by atoms with E-state index in [0.29, 0.717) is 11.8 Å². The fourth-order valence-electron chi connectivity index (χ4n) is 4.32. The minimum atomic E-state index is -0.135. The molecular formula is C20H25FN2S. The van der Waals surface area contributed by atoms with Gasteiger partial charge in [-0.1, -0.05) is 12.1 Å². The van der Waals surface area contributed by atoms with Crippen molar-refractivity contribution < 1.29 is 4.39 Å². The number of rotatable bonds is 4. The van der Waals surface area contributed by atoms with Gasteiger partial charge in [-0.15, -0.1) is 0 Å². The van der Waals surface area contributed by atoms with Gasteiger partial charge in [0, 0.05) is 19.0 Å². The van der Waals surface area contributed by atoms with Crippen LogP contribution in [0.25, 0.3) is 0 Å². The van der Waals surface area contributed by atoms with Gasteiger partial charge in [0.25, 0.3) is 0 Å². The van der Waals surface area contributed by atoms with Gasteiger partial charge in [0.1, 0.15) is 5.82 Å². The summed E-state index contributed by atoms with van der Waals surface area (Å²) in [5, 5.41) is 8.09. The number of halogens is 1. The van der Waals surface area contributed by atoms with Crippen LogP contribution in [0, 0.1) is 11.7 Å². The number of hydrogen-bond acceptors (Lipinski definition) is 3. The summed E-state index contributed by atoms with van der Waals surface area (Å²) in [6.45, 7) is 5.78. The summed E-state index contributed by atoms with van der Waals surface area (Å²) in [7, 11) is 0. The first-order valence-corrected chi connectivity index (χ1v) is 9.94. The molecule has 2 nitrogen and oxygen atoms in total. The second-order valence-corrected chi connectivity index (χ2v) is 7.99. The Morgan fingerprint density at radius 1 is 1.04 bits per heavy atom. The monoisotopic (exact) mass is 344 g/mol. The zero-order valence-electron chi connectivity index (χ0n) is 14.0. The number of piperidine rings is 1. The first-order chi connectivity index (χ1) is 11.8. The molecule has 1 aromatic heterocycles. The zero-order valence-corrected chi connectivity index (χ0v) is 14.8. The second-order valence-electron chi connectivity index (χ2n) is 7.21. The second kappa shape index (κ2) is 7.34. The molecule has 2 saturated heterocycles. The molecule has 4 heteroatoms. The van der Waals surface area contributed by atoms with Crippen LogP contribution in [0.2, 0.25) is 0 Å². The highest BCUT2D eigenvalue weighted by Gasteiger charge is 2.31. The molecule has 2 aliphatic heterocycles. The predicted octanol–water partition coefficient (Wildman–Crippen LogP) is 4.07. The zero-order chi connectivity index (χ0) is 16.4. The summed E-state index contributed by atoms with van der Waals surface area (Å²) >= 11 is 1.81. The number of benzene rings is 1. The standard InChI is InChI=1S/C20H25FN2S/c21-19-3-1-15(2-4-19)16-5-8-23(9-6-16)13-18-11-22-12-20(18)17-7-10-24-14-17/h1-4,7,10,14,16,18,20,22H,5-6,8-9,11-13H2. The molecule has 0 bridgehead atoms. The maximum Gasteiger partial charge on any atom is 0.123 e. The van der Waals surface area contributed by atoms with Crippen molar-refractivity contribution in [2.45, 2.75) is 24.7 Å². The number of nitrogens with one attached hydrogen (secondary N) is 1. The minimum Gasteiger partial charge on any atom is -0.316 e. The molecule has 0 aliphatic carbocycles. The van der Waals surface area contributed by atoms with Crippen molar-refractivity contribution in [2.75, 3.05) is 32.7 Å². The molecule has 3 heterocycles. The molecule has 0 saturated carbocycles. The third-order valence-corrected chi connectivity index (χ3v) is 6.43. The van der Waals surface area contributed by atoms with Crippen LogP contribution in [0.1, 0.15) is 35.8 Å². The lowest BCUT2D eigenvalue weighted by Gasteiger charge is -2.34. The number of hydrogen-bond donors (Lipinski definition) is 1. The predicted molar refractivity (Wildman–Crippen MR) is 98.2 cm³/mol. The number of nitrogens with zero attached hydrogens (tertiary/aromatic N) is 1. The van der Waals surface area contributed by atoms with Crippen LogP contribution in [0.5, 0.6) is 0 Å². The van der Waals surface area contributed by atoms with Crippen LogP contribution in [-0.4, -0.2) is 37.6 Å². The third-order valence-electron chi connectivity index (χ3n) is 5.73. The lowest BCUT2D eigenvalue weighted by molar-refractivity contribution is 0.182. The van der Waals surface area contributed by atoms with Crippen molar-refractivity contribution in [1.82, 2.24) is 10.2 Å². The average molecular weight is 344 g/mol. The highest BCUT2D eigenvalue weighted by molar-refractivity contribution is 7.08. The smallest absolute Gasteiger partial charge is 0.123 e. The fraction of sp³-hybridized carbons (Fsp3) is 0.500. The van der Waals surface area contributed by atoms with Gasteiger partial charge < -0.3 is 10.2 Å². The van der Waals surface area contributed by atoms with Gasteiger partial charge in [-0.05, 0) is 84.4 Å². The van der Waals surface area contributed by atoms with E-state index in [-0.39, 0.29) is 5.82 Å². The molecule has 2 unspecified atom stereocenters. The Balaban J connectivity index is 1.32. The van der Waals surface area contributed by atoms with E-state index in [2.05, 4.69) is 27.0 Å². The van der Waals surface area contributed by atoms with Crippen molar-refractivity contribution in [1.29, 1.82) is 0 Å². The largest absolute Gasteiger partial charge is 0.316 e. The Bertz CT molecular complexity index is 632. The first-order valence-electron chi connectivity index (χ1n) is 9.00. The Morgan fingerprint density at radius 3 is 2.54 bits per heavy atom. The molecule has 0 spiro atoms. The van der Waals surface area contributed by atoms with Crippen LogP contribution in [0.4, 0.5) is 4.39 Å². The maximum atomic E-state index is 13.1. The van der Waals surface area contributed by atoms with Crippen molar-refractivity contribution in [3.63, 3.8) is 0 Å². The van der Waals surface area contributed by atoms with E-state index < -0.39 is 0 Å². The summed E-state index contributed by atoms with van der Waals surface area (Å²) in [5.74, 6) is 1.86. The molecule has 2 aromatic rings. The van der Waals surface area contributed by atoms with Crippen LogP contribution in [-0.2, 0) is 0 Å². The van der Waals surface area contributed by atoms with Gasteiger partial charge in [0.05, 0.1) is 0 Å². The van der Waals surface area contributed by atoms with E-state index >= 15 is 0 Å². The average Bonchev–Trinajstić information content (AvgIpc) is 3.27. The Kier molecular flexibility index (Phi) is 4.97. The molecule has 2 atom stereocenters. The van der Waals surface area contributed by atoms with Gasteiger partial charge in [0.15, 0.2) is 0 Å². The lowest BCUT2D eigenvalue weighted by Crippen LogP contribution is -2.38. The highest BCUT2D eigenvalue weighted by atomic mass is 32.1.